The molecule has 1 aliphatic heterocycles. The zero-order chi connectivity index (χ0) is 22.3. The van der Waals surface area contributed by atoms with Gasteiger partial charge in [0.25, 0.3) is 0 Å². The smallest absolute Gasteiger partial charge is 0.416 e. The molecule has 0 radical (unpaired) electrons. The summed E-state index contributed by atoms with van der Waals surface area (Å²) in [5.74, 6) is -1.77. The third kappa shape index (κ3) is 3.92. The molecule has 1 aromatic carbocycles. The van der Waals surface area contributed by atoms with Crippen molar-refractivity contribution in [1.29, 1.82) is 0 Å². The Morgan fingerprint density at radius 2 is 1.97 bits per heavy atom. The van der Waals surface area contributed by atoms with Crippen LogP contribution in [-0.2, 0) is 20.5 Å². The van der Waals surface area contributed by atoms with Crippen LogP contribution in [-0.4, -0.2) is 18.9 Å². The average Bonchev–Trinajstić information content (AvgIpc) is 3.26. The van der Waals surface area contributed by atoms with Crippen LogP contribution in [0.15, 0.2) is 64.3 Å². The standard InChI is InChI=1S/C23H20F3NO3S/c1-12-19(22(29)30-2)20(13-5-3-6-15(9-13)23(24,25)26)21-16(27-12)10-14(11-17(21)28)18-7-4-8-31-18/h3-9,14,20,27H,10-11H2,1-2H3/t14-,20-/m0/s1. The van der Waals surface area contributed by atoms with Crippen LogP contribution < -0.4 is 5.32 Å². The molecule has 0 bridgehead atoms. The third-order valence-corrected chi connectivity index (χ3v) is 6.76. The van der Waals surface area contributed by atoms with Gasteiger partial charge in [0.05, 0.1) is 18.2 Å². The second-order valence-electron chi connectivity index (χ2n) is 7.65. The van der Waals surface area contributed by atoms with E-state index in [-0.39, 0.29) is 29.3 Å². The highest BCUT2D eigenvalue weighted by atomic mass is 32.1. The monoisotopic (exact) mass is 447 g/mol. The minimum Gasteiger partial charge on any atom is -0.466 e. The Hall–Kier alpha value is -2.87. The highest BCUT2D eigenvalue weighted by molar-refractivity contribution is 7.10. The molecule has 0 saturated heterocycles. The normalized spacial score (nSPS) is 21.6. The van der Waals surface area contributed by atoms with E-state index < -0.39 is 23.6 Å². The maximum absolute atomic E-state index is 13.4. The number of carbonyl (C=O) groups excluding carboxylic acids is 2. The van der Waals surface area contributed by atoms with Gasteiger partial charge in [0, 0.05) is 40.1 Å². The third-order valence-electron chi connectivity index (χ3n) is 5.73. The van der Waals surface area contributed by atoms with Crippen molar-refractivity contribution in [3.8, 4) is 0 Å². The van der Waals surface area contributed by atoms with E-state index in [4.69, 9.17) is 4.74 Å². The Kier molecular flexibility index (Phi) is 5.51. The van der Waals surface area contributed by atoms with Gasteiger partial charge in [-0.2, -0.15) is 13.2 Å². The number of allylic oxidation sites excluding steroid dienone is 3. The molecule has 2 aliphatic rings. The second kappa shape index (κ2) is 8.00. The Bertz CT molecular complexity index is 1100. The van der Waals surface area contributed by atoms with Gasteiger partial charge in [0.2, 0.25) is 0 Å². The molecule has 1 N–H and O–H groups in total. The summed E-state index contributed by atoms with van der Waals surface area (Å²) < 4.78 is 45.0. The summed E-state index contributed by atoms with van der Waals surface area (Å²) in [5.41, 5.74) is 1.05. The number of methoxy groups -OCH3 is 1. The molecule has 0 spiro atoms. The summed E-state index contributed by atoms with van der Waals surface area (Å²) >= 11 is 1.57. The van der Waals surface area contributed by atoms with Crippen molar-refractivity contribution in [2.24, 2.45) is 0 Å². The van der Waals surface area contributed by atoms with Crippen molar-refractivity contribution in [1.82, 2.24) is 5.32 Å². The largest absolute Gasteiger partial charge is 0.466 e. The molecule has 4 rings (SSSR count). The maximum atomic E-state index is 13.4. The average molecular weight is 447 g/mol. The molecule has 0 saturated carbocycles. The molecule has 0 unspecified atom stereocenters. The number of halogens is 3. The van der Waals surface area contributed by atoms with Gasteiger partial charge in [0.1, 0.15) is 0 Å². The zero-order valence-corrected chi connectivity index (χ0v) is 17.7. The number of dihydropyridines is 1. The lowest BCUT2D eigenvalue weighted by Gasteiger charge is -2.36. The molecule has 2 atom stereocenters. The zero-order valence-electron chi connectivity index (χ0n) is 16.9. The summed E-state index contributed by atoms with van der Waals surface area (Å²) in [6.07, 6.45) is -3.75. The predicted molar refractivity (Wildman–Crippen MR) is 110 cm³/mol. The van der Waals surface area contributed by atoms with E-state index in [1.54, 1.807) is 18.3 Å². The highest BCUT2D eigenvalue weighted by Gasteiger charge is 2.42. The van der Waals surface area contributed by atoms with Gasteiger partial charge in [-0.15, -0.1) is 11.3 Å². The molecule has 1 aromatic heterocycles. The number of carbonyl (C=O) groups is 2. The van der Waals surface area contributed by atoms with Crippen LogP contribution in [0.3, 0.4) is 0 Å². The first-order chi connectivity index (χ1) is 14.7. The first-order valence-electron chi connectivity index (χ1n) is 9.73. The maximum Gasteiger partial charge on any atom is 0.416 e. The van der Waals surface area contributed by atoms with Crippen LogP contribution in [0.1, 0.15) is 47.6 Å². The SMILES string of the molecule is COC(=O)C1=C(C)NC2=C(C(=O)C[C@@H](c3cccs3)C2)[C@H]1c1cccc(C(F)(F)F)c1. The number of ether oxygens (including phenoxy) is 1. The molecule has 8 heteroatoms. The number of hydrogen-bond donors (Lipinski definition) is 1. The van der Waals surface area contributed by atoms with E-state index >= 15 is 0 Å². The molecular weight excluding hydrogens is 427 g/mol. The number of esters is 1. The molecule has 162 valence electrons. The molecule has 2 aromatic rings. The van der Waals surface area contributed by atoms with Crippen LogP contribution >= 0.6 is 11.3 Å². The lowest BCUT2D eigenvalue weighted by molar-refractivity contribution is -0.137. The van der Waals surface area contributed by atoms with Gasteiger partial charge >= 0.3 is 12.1 Å². The fourth-order valence-electron chi connectivity index (χ4n) is 4.37. The Balaban J connectivity index is 1.85. The Morgan fingerprint density at radius 1 is 1.19 bits per heavy atom. The molecule has 4 nitrogen and oxygen atoms in total. The van der Waals surface area contributed by atoms with Gasteiger partial charge < -0.3 is 10.1 Å². The van der Waals surface area contributed by atoms with Crippen LogP contribution in [0, 0.1) is 0 Å². The molecule has 2 heterocycles. The van der Waals surface area contributed by atoms with E-state index in [2.05, 4.69) is 5.32 Å². The summed E-state index contributed by atoms with van der Waals surface area (Å²) in [4.78, 5) is 27.0. The van der Waals surface area contributed by atoms with E-state index in [1.807, 2.05) is 17.5 Å². The fourth-order valence-corrected chi connectivity index (χ4v) is 5.20. The molecule has 31 heavy (non-hydrogen) atoms. The van der Waals surface area contributed by atoms with E-state index in [0.717, 1.165) is 17.0 Å². The van der Waals surface area contributed by atoms with Gasteiger partial charge in [0.15, 0.2) is 5.78 Å². The summed E-state index contributed by atoms with van der Waals surface area (Å²) in [5, 5.41) is 5.12. The molecular formula is C23H20F3NO3S. The number of nitrogens with one attached hydrogen (secondary N) is 1. The second-order valence-corrected chi connectivity index (χ2v) is 8.63. The minimum atomic E-state index is -4.54. The van der Waals surface area contributed by atoms with Crippen molar-refractivity contribution in [3.05, 3.63) is 80.3 Å². The number of benzene rings is 1. The number of ketones is 1. The number of thiophene rings is 1. The van der Waals surface area contributed by atoms with Gasteiger partial charge in [-0.05, 0) is 36.4 Å². The van der Waals surface area contributed by atoms with Crippen LogP contribution in [0.4, 0.5) is 13.2 Å². The summed E-state index contributed by atoms with van der Waals surface area (Å²) in [6, 6.07) is 8.70. The van der Waals surface area contributed by atoms with Crippen LogP contribution in [0.25, 0.3) is 0 Å². The Morgan fingerprint density at radius 3 is 2.61 bits per heavy atom. The first-order valence-corrected chi connectivity index (χ1v) is 10.6. The van der Waals surface area contributed by atoms with E-state index in [1.165, 1.54) is 19.2 Å². The van der Waals surface area contributed by atoms with Gasteiger partial charge in [-0.3, -0.25) is 4.79 Å². The van der Waals surface area contributed by atoms with E-state index in [0.29, 0.717) is 23.4 Å². The number of hydrogen-bond acceptors (Lipinski definition) is 5. The fraction of sp³-hybridized carbons (Fsp3) is 0.304. The minimum absolute atomic E-state index is 0.00612. The van der Waals surface area contributed by atoms with Crippen LogP contribution in [0.5, 0.6) is 0 Å². The molecule has 0 fully saturated rings. The quantitative estimate of drug-likeness (QED) is 0.649. The van der Waals surface area contributed by atoms with Gasteiger partial charge in [-0.1, -0.05) is 24.3 Å². The van der Waals surface area contributed by atoms with Crippen molar-refractivity contribution in [2.45, 2.75) is 37.8 Å². The highest BCUT2D eigenvalue weighted by Crippen LogP contribution is 2.46. The van der Waals surface area contributed by atoms with Crippen molar-refractivity contribution >= 4 is 23.1 Å². The topological polar surface area (TPSA) is 55.4 Å². The Labute approximate surface area is 181 Å². The lowest BCUT2D eigenvalue weighted by Crippen LogP contribution is -2.36. The number of Topliss-reactive ketones (excluding diaryl/α,β-unsaturated/α-hetero) is 1. The van der Waals surface area contributed by atoms with E-state index in [9.17, 15) is 22.8 Å². The van der Waals surface area contributed by atoms with Crippen molar-refractivity contribution in [3.63, 3.8) is 0 Å². The summed E-state index contributed by atoms with van der Waals surface area (Å²) in [7, 11) is 1.21. The van der Waals surface area contributed by atoms with Crippen molar-refractivity contribution in [2.75, 3.05) is 7.11 Å². The first kappa shape index (κ1) is 21.4. The van der Waals surface area contributed by atoms with Gasteiger partial charge in [-0.25, -0.2) is 4.79 Å². The molecule has 0 amide bonds. The predicted octanol–water partition coefficient (Wildman–Crippen LogP) is 5.30. The summed E-state index contributed by atoms with van der Waals surface area (Å²) in [6.45, 7) is 1.68. The number of alkyl halides is 3. The lowest BCUT2D eigenvalue weighted by atomic mass is 9.72. The van der Waals surface area contributed by atoms with Crippen molar-refractivity contribution < 1.29 is 27.5 Å². The van der Waals surface area contributed by atoms with Crippen LogP contribution in [0.2, 0.25) is 0 Å². The number of rotatable bonds is 3. The molecule has 1 aliphatic carbocycles.